The SMILES string of the molecule is CNC(c1ccc(F)cn1)c1cccc(F)c1F. The van der Waals surface area contributed by atoms with Crippen molar-refractivity contribution in [2.75, 3.05) is 7.05 Å². The number of nitrogens with zero attached hydrogens (tertiary/aromatic N) is 1. The molecule has 0 aliphatic rings. The Labute approximate surface area is 102 Å². The fourth-order valence-corrected chi connectivity index (χ4v) is 1.76. The van der Waals surface area contributed by atoms with Crippen molar-refractivity contribution in [3.05, 3.63) is 65.2 Å². The topological polar surface area (TPSA) is 24.9 Å². The molecule has 1 unspecified atom stereocenters. The second-order valence-corrected chi connectivity index (χ2v) is 3.77. The van der Waals surface area contributed by atoms with E-state index in [1.54, 1.807) is 7.05 Å². The largest absolute Gasteiger partial charge is 0.308 e. The molecule has 94 valence electrons. The lowest BCUT2D eigenvalue weighted by atomic mass is 10.0. The summed E-state index contributed by atoms with van der Waals surface area (Å²) in [7, 11) is 1.60. The van der Waals surface area contributed by atoms with Gasteiger partial charge in [-0.1, -0.05) is 12.1 Å². The zero-order chi connectivity index (χ0) is 13.1. The number of hydrogen-bond acceptors (Lipinski definition) is 2. The number of pyridine rings is 1. The van der Waals surface area contributed by atoms with E-state index in [1.165, 1.54) is 24.3 Å². The van der Waals surface area contributed by atoms with Crippen LogP contribution in [0.3, 0.4) is 0 Å². The van der Waals surface area contributed by atoms with Crippen molar-refractivity contribution in [1.82, 2.24) is 10.3 Å². The Morgan fingerprint density at radius 2 is 1.89 bits per heavy atom. The summed E-state index contributed by atoms with van der Waals surface area (Å²) in [6, 6.07) is 5.96. The van der Waals surface area contributed by atoms with Crippen molar-refractivity contribution in [3.63, 3.8) is 0 Å². The van der Waals surface area contributed by atoms with Crippen molar-refractivity contribution >= 4 is 0 Å². The first-order chi connectivity index (χ1) is 8.63. The van der Waals surface area contributed by atoms with Crippen molar-refractivity contribution < 1.29 is 13.2 Å². The zero-order valence-corrected chi connectivity index (χ0v) is 9.62. The number of hydrogen-bond donors (Lipinski definition) is 1. The predicted molar refractivity (Wildman–Crippen MR) is 61.5 cm³/mol. The molecule has 1 aromatic carbocycles. The molecule has 1 heterocycles. The Kier molecular flexibility index (Phi) is 3.62. The van der Waals surface area contributed by atoms with Gasteiger partial charge < -0.3 is 5.32 Å². The number of halogens is 3. The minimum Gasteiger partial charge on any atom is -0.308 e. The fourth-order valence-electron chi connectivity index (χ4n) is 1.76. The summed E-state index contributed by atoms with van der Waals surface area (Å²) in [6.07, 6.45) is 1.04. The van der Waals surface area contributed by atoms with E-state index < -0.39 is 23.5 Å². The summed E-state index contributed by atoms with van der Waals surface area (Å²) < 4.78 is 39.6. The van der Waals surface area contributed by atoms with E-state index in [0.29, 0.717) is 5.69 Å². The van der Waals surface area contributed by atoms with Crippen LogP contribution in [0.25, 0.3) is 0 Å². The Morgan fingerprint density at radius 1 is 1.11 bits per heavy atom. The molecule has 0 aliphatic heterocycles. The number of nitrogens with one attached hydrogen (secondary N) is 1. The third-order valence-electron chi connectivity index (χ3n) is 2.63. The molecular formula is C13H11F3N2. The molecule has 0 bridgehead atoms. The maximum Gasteiger partial charge on any atom is 0.163 e. The average molecular weight is 252 g/mol. The first kappa shape index (κ1) is 12.6. The Morgan fingerprint density at radius 3 is 2.50 bits per heavy atom. The molecule has 0 saturated carbocycles. The van der Waals surface area contributed by atoms with Gasteiger partial charge in [-0.15, -0.1) is 0 Å². The van der Waals surface area contributed by atoms with Gasteiger partial charge in [-0.3, -0.25) is 4.98 Å². The molecule has 5 heteroatoms. The highest BCUT2D eigenvalue weighted by Crippen LogP contribution is 2.24. The monoisotopic (exact) mass is 252 g/mol. The molecule has 0 fully saturated rings. The van der Waals surface area contributed by atoms with Crippen molar-refractivity contribution in [3.8, 4) is 0 Å². The third kappa shape index (κ3) is 2.36. The van der Waals surface area contributed by atoms with E-state index in [9.17, 15) is 13.2 Å². The maximum absolute atomic E-state index is 13.7. The third-order valence-corrected chi connectivity index (χ3v) is 2.63. The highest BCUT2D eigenvalue weighted by Gasteiger charge is 2.19. The summed E-state index contributed by atoms with van der Waals surface area (Å²) in [6.45, 7) is 0. The smallest absolute Gasteiger partial charge is 0.163 e. The minimum absolute atomic E-state index is 0.136. The predicted octanol–water partition coefficient (Wildman–Crippen LogP) is 2.81. The highest BCUT2D eigenvalue weighted by atomic mass is 19.2. The van der Waals surface area contributed by atoms with Crippen molar-refractivity contribution in [2.45, 2.75) is 6.04 Å². The van der Waals surface area contributed by atoms with Gasteiger partial charge in [-0.2, -0.15) is 0 Å². The molecule has 1 aromatic heterocycles. The molecule has 0 amide bonds. The summed E-state index contributed by atoms with van der Waals surface area (Å²) in [4.78, 5) is 3.87. The van der Waals surface area contributed by atoms with Crippen LogP contribution in [-0.4, -0.2) is 12.0 Å². The fraction of sp³-hybridized carbons (Fsp3) is 0.154. The number of rotatable bonds is 3. The second-order valence-electron chi connectivity index (χ2n) is 3.77. The second kappa shape index (κ2) is 5.18. The summed E-state index contributed by atoms with van der Waals surface area (Å²) in [5, 5.41) is 2.83. The van der Waals surface area contributed by atoms with Crippen LogP contribution in [0, 0.1) is 17.5 Å². The van der Waals surface area contributed by atoms with Crippen LogP contribution in [0.4, 0.5) is 13.2 Å². The first-order valence-electron chi connectivity index (χ1n) is 5.36. The molecule has 2 rings (SSSR count). The summed E-state index contributed by atoms with van der Waals surface area (Å²) >= 11 is 0. The van der Waals surface area contributed by atoms with Crippen LogP contribution >= 0.6 is 0 Å². The van der Waals surface area contributed by atoms with E-state index in [4.69, 9.17) is 0 Å². The quantitative estimate of drug-likeness (QED) is 0.908. The van der Waals surface area contributed by atoms with Gasteiger partial charge in [-0.25, -0.2) is 13.2 Å². The molecule has 1 atom stereocenters. The van der Waals surface area contributed by atoms with Gasteiger partial charge in [0, 0.05) is 5.56 Å². The summed E-state index contributed by atoms with van der Waals surface area (Å²) in [5.74, 6) is -2.33. The molecule has 0 radical (unpaired) electrons. The lowest BCUT2D eigenvalue weighted by Gasteiger charge is -2.16. The van der Waals surface area contributed by atoms with Gasteiger partial charge in [0.15, 0.2) is 11.6 Å². The van der Waals surface area contributed by atoms with Crippen LogP contribution in [0.15, 0.2) is 36.5 Å². The van der Waals surface area contributed by atoms with Gasteiger partial charge in [0.05, 0.1) is 17.9 Å². The van der Waals surface area contributed by atoms with Gasteiger partial charge in [-0.05, 0) is 25.2 Å². The van der Waals surface area contributed by atoms with Gasteiger partial charge >= 0.3 is 0 Å². The van der Waals surface area contributed by atoms with Crippen molar-refractivity contribution in [1.29, 1.82) is 0 Å². The van der Waals surface area contributed by atoms with E-state index in [2.05, 4.69) is 10.3 Å². The van der Waals surface area contributed by atoms with Gasteiger partial charge in [0.2, 0.25) is 0 Å². The molecule has 1 N–H and O–H groups in total. The van der Waals surface area contributed by atoms with E-state index in [-0.39, 0.29) is 5.56 Å². The molecule has 2 nitrogen and oxygen atoms in total. The Hall–Kier alpha value is -1.88. The van der Waals surface area contributed by atoms with Gasteiger partial charge in [0.1, 0.15) is 5.82 Å². The van der Waals surface area contributed by atoms with E-state index in [1.807, 2.05) is 0 Å². The van der Waals surface area contributed by atoms with Gasteiger partial charge in [0.25, 0.3) is 0 Å². The van der Waals surface area contributed by atoms with Crippen LogP contribution in [-0.2, 0) is 0 Å². The number of benzene rings is 1. The van der Waals surface area contributed by atoms with Crippen molar-refractivity contribution in [2.24, 2.45) is 0 Å². The highest BCUT2D eigenvalue weighted by molar-refractivity contribution is 5.29. The lowest BCUT2D eigenvalue weighted by molar-refractivity contribution is 0.485. The minimum atomic E-state index is -0.928. The molecule has 18 heavy (non-hydrogen) atoms. The first-order valence-corrected chi connectivity index (χ1v) is 5.36. The zero-order valence-electron chi connectivity index (χ0n) is 9.62. The molecule has 0 spiro atoms. The van der Waals surface area contributed by atoms with Crippen LogP contribution in [0.5, 0.6) is 0 Å². The maximum atomic E-state index is 13.7. The summed E-state index contributed by atoms with van der Waals surface area (Å²) in [5.41, 5.74) is 0.556. The lowest BCUT2D eigenvalue weighted by Crippen LogP contribution is -2.20. The molecule has 0 saturated heterocycles. The average Bonchev–Trinajstić information content (AvgIpc) is 2.37. The standard InChI is InChI=1S/C13H11F3N2/c1-17-13(11-6-5-8(14)7-18-11)9-3-2-4-10(15)12(9)16/h2-7,13,17H,1H3. The molecular weight excluding hydrogens is 241 g/mol. The van der Waals surface area contributed by atoms with Crippen LogP contribution in [0.1, 0.15) is 17.3 Å². The van der Waals surface area contributed by atoms with Crippen LogP contribution in [0.2, 0.25) is 0 Å². The van der Waals surface area contributed by atoms with Crippen LogP contribution < -0.4 is 5.32 Å². The molecule has 2 aromatic rings. The Bertz CT molecular complexity index is 540. The molecule has 0 aliphatic carbocycles. The Balaban J connectivity index is 2.45. The van der Waals surface area contributed by atoms with E-state index >= 15 is 0 Å². The number of aromatic nitrogens is 1. The normalized spacial score (nSPS) is 12.4. The van der Waals surface area contributed by atoms with E-state index in [0.717, 1.165) is 12.3 Å².